The van der Waals surface area contributed by atoms with E-state index < -0.39 is 14.3 Å². The van der Waals surface area contributed by atoms with E-state index in [0.29, 0.717) is 0 Å². The van der Waals surface area contributed by atoms with Gasteiger partial charge < -0.3 is 14.6 Å². The zero-order chi connectivity index (χ0) is 24.3. The molecule has 4 aromatic carbocycles. The van der Waals surface area contributed by atoms with Crippen molar-refractivity contribution in [2.75, 3.05) is 0 Å². The summed E-state index contributed by atoms with van der Waals surface area (Å²) in [4.78, 5) is 0. The van der Waals surface area contributed by atoms with Crippen LogP contribution in [-0.2, 0) is 9.13 Å². The van der Waals surface area contributed by atoms with Crippen molar-refractivity contribution in [1.29, 1.82) is 0 Å². The van der Waals surface area contributed by atoms with Crippen LogP contribution >= 0.6 is 14.3 Å². The third kappa shape index (κ3) is 4.48. The van der Waals surface area contributed by atoms with Crippen LogP contribution in [-0.4, -0.2) is 16.8 Å². The lowest BCUT2D eigenvalue weighted by Gasteiger charge is -2.40. The predicted molar refractivity (Wildman–Crippen MR) is 154 cm³/mol. The Balaban J connectivity index is 0.00000304. The molecule has 3 nitrogen and oxygen atoms in total. The van der Waals surface area contributed by atoms with Crippen LogP contribution in [0.5, 0.6) is 0 Å². The number of allylic oxidation sites excluding steroid dienone is 1. The second-order valence-electron chi connectivity index (χ2n) is 9.20. The SMILES string of the molecule is C=C1[C@@H](P(=O)(c2ccccc2)c2ccccc2)CCC[C@@H]1P(=O)(c1ccccc1)c1ccccc1.O. The topological polar surface area (TPSA) is 65.6 Å². The Bertz CT molecular complexity index is 1190. The molecule has 1 aliphatic rings. The van der Waals surface area contributed by atoms with Crippen LogP contribution in [0.3, 0.4) is 0 Å². The minimum absolute atomic E-state index is 0. The molecular weight excluding hydrogens is 482 g/mol. The van der Waals surface area contributed by atoms with Gasteiger partial charge in [0.05, 0.1) is 0 Å². The summed E-state index contributed by atoms with van der Waals surface area (Å²) in [6.45, 7) is 4.57. The first kappa shape index (κ1) is 26.1. The van der Waals surface area contributed by atoms with Gasteiger partial charge in [0.2, 0.25) is 0 Å². The van der Waals surface area contributed by atoms with Gasteiger partial charge in [0.25, 0.3) is 0 Å². The van der Waals surface area contributed by atoms with Crippen molar-refractivity contribution in [3.63, 3.8) is 0 Å². The van der Waals surface area contributed by atoms with Gasteiger partial charge in [-0.1, -0.05) is 140 Å². The molecule has 36 heavy (non-hydrogen) atoms. The van der Waals surface area contributed by atoms with Crippen LogP contribution in [0.1, 0.15) is 19.3 Å². The van der Waals surface area contributed by atoms with Crippen molar-refractivity contribution in [2.45, 2.75) is 30.6 Å². The summed E-state index contributed by atoms with van der Waals surface area (Å²) in [5.74, 6) is 0. The molecular formula is C31H32O3P2. The fraction of sp³-hybridized carbons (Fsp3) is 0.161. The highest BCUT2D eigenvalue weighted by Crippen LogP contribution is 2.62. The molecule has 184 valence electrons. The lowest BCUT2D eigenvalue weighted by Crippen LogP contribution is -2.37. The smallest absolute Gasteiger partial charge is 0.150 e. The lowest BCUT2D eigenvalue weighted by atomic mass is 9.95. The molecule has 0 radical (unpaired) electrons. The molecule has 2 atom stereocenters. The van der Waals surface area contributed by atoms with E-state index in [2.05, 4.69) is 6.58 Å². The van der Waals surface area contributed by atoms with Crippen LogP contribution in [0.4, 0.5) is 0 Å². The molecule has 0 heterocycles. The molecule has 4 aromatic rings. The molecule has 0 saturated heterocycles. The van der Waals surface area contributed by atoms with E-state index in [1.165, 1.54) is 0 Å². The summed E-state index contributed by atoms with van der Waals surface area (Å²) in [6, 6.07) is 39.2. The summed E-state index contributed by atoms with van der Waals surface area (Å²) in [5.41, 5.74) is 0.349. The van der Waals surface area contributed by atoms with Gasteiger partial charge in [-0.2, -0.15) is 0 Å². The maximum atomic E-state index is 15.2. The zero-order valence-corrected chi connectivity index (χ0v) is 22.0. The summed E-state index contributed by atoms with van der Waals surface area (Å²) >= 11 is 0. The predicted octanol–water partition coefficient (Wildman–Crippen LogP) is 5.67. The molecule has 0 aromatic heterocycles. The molecule has 0 amide bonds. The van der Waals surface area contributed by atoms with Gasteiger partial charge in [-0.3, -0.25) is 0 Å². The largest absolute Gasteiger partial charge is 0.412 e. The summed E-state index contributed by atoms with van der Waals surface area (Å²) in [5, 5.41) is 3.36. The van der Waals surface area contributed by atoms with Crippen LogP contribution in [0.25, 0.3) is 0 Å². The standard InChI is InChI=1S/C31H30O2P2.H2O/c1-25-30(34(32,26-15-6-2-7-16-26)27-17-8-3-9-18-27)23-14-24-31(25)35(33,28-19-10-4-11-20-28)29-21-12-5-13-22-29;/h2-13,15-22,30-31H,1,14,23-24H2;1H2/t30-,31-;/m0./s1. The van der Waals surface area contributed by atoms with E-state index in [4.69, 9.17) is 0 Å². The third-order valence-corrected chi connectivity index (χ3v) is 14.4. The van der Waals surface area contributed by atoms with Gasteiger partial charge in [-0.25, -0.2) is 0 Å². The van der Waals surface area contributed by atoms with Crippen molar-refractivity contribution in [3.8, 4) is 0 Å². The van der Waals surface area contributed by atoms with Crippen molar-refractivity contribution in [2.24, 2.45) is 0 Å². The van der Waals surface area contributed by atoms with E-state index >= 15 is 9.13 Å². The molecule has 0 bridgehead atoms. The van der Waals surface area contributed by atoms with Gasteiger partial charge >= 0.3 is 0 Å². The highest BCUT2D eigenvalue weighted by Gasteiger charge is 2.47. The number of hydrogen-bond acceptors (Lipinski definition) is 2. The van der Waals surface area contributed by atoms with E-state index in [-0.39, 0.29) is 16.8 Å². The van der Waals surface area contributed by atoms with Crippen LogP contribution in [0.15, 0.2) is 133 Å². The average molecular weight is 515 g/mol. The van der Waals surface area contributed by atoms with E-state index in [9.17, 15) is 0 Å². The molecule has 1 saturated carbocycles. The van der Waals surface area contributed by atoms with Crippen LogP contribution in [0.2, 0.25) is 0 Å². The zero-order valence-electron chi connectivity index (χ0n) is 20.2. The highest BCUT2D eigenvalue weighted by molar-refractivity contribution is 7.80. The maximum Gasteiger partial charge on any atom is 0.150 e. The first-order chi connectivity index (χ1) is 17.1. The Hall–Kier alpha value is -2.96. The Morgan fingerprint density at radius 2 is 0.750 bits per heavy atom. The number of hydrogen-bond donors (Lipinski definition) is 0. The summed E-state index contributed by atoms with van der Waals surface area (Å²) < 4.78 is 30.4. The molecule has 0 spiro atoms. The third-order valence-electron chi connectivity index (χ3n) is 7.25. The van der Waals surface area contributed by atoms with Crippen molar-refractivity contribution < 1.29 is 14.6 Å². The van der Waals surface area contributed by atoms with E-state index in [0.717, 1.165) is 46.1 Å². The fourth-order valence-corrected chi connectivity index (χ4v) is 12.5. The molecule has 1 fully saturated rings. The Morgan fingerprint density at radius 3 is 1.00 bits per heavy atom. The van der Waals surface area contributed by atoms with Gasteiger partial charge in [-0.15, -0.1) is 0 Å². The van der Waals surface area contributed by atoms with Crippen molar-refractivity contribution in [1.82, 2.24) is 0 Å². The van der Waals surface area contributed by atoms with Crippen LogP contribution in [0, 0.1) is 0 Å². The highest BCUT2D eigenvalue weighted by atomic mass is 31.2. The molecule has 2 N–H and O–H groups in total. The summed E-state index contributed by atoms with van der Waals surface area (Å²) in [7, 11) is -6.13. The van der Waals surface area contributed by atoms with Gasteiger partial charge in [-0.05, 0) is 12.8 Å². The van der Waals surface area contributed by atoms with Crippen LogP contribution < -0.4 is 21.2 Å². The fourth-order valence-electron chi connectivity index (χ4n) is 5.54. The lowest BCUT2D eigenvalue weighted by molar-refractivity contribution is 0.539. The Morgan fingerprint density at radius 1 is 0.500 bits per heavy atom. The van der Waals surface area contributed by atoms with E-state index in [1.807, 2.05) is 121 Å². The van der Waals surface area contributed by atoms with E-state index in [1.54, 1.807) is 0 Å². The monoisotopic (exact) mass is 514 g/mol. The Labute approximate surface area is 214 Å². The maximum absolute atomic E-state index is 15.2. The first-order valence-corrected chi connectivity index (χ1v) is 15.7. The molecule has 0 aliphatic heterocycles. The van der Waals surface area contributed by atoms with Gasteiger partial charge in [0.15, 0.2) is 0 Å². The minimum Gasteiger partial charge on any atom is -0.412 e. The molecule has 5 rings (SSSR count). The normalized spacial score (nSPS) is 18.3. The first-order valence-electron chi connectivity index (χ1n) is 12.2. The molecule has 0 unspecified atom stereocenters. The number of benzene rings is 4. The van der Waals surface area contributed by atoms with Crippen molar-refractivity contribution >= 4 is 35.5 Å². The van der Waals surface area contributed by atoms with Crippen molar-refractivity contribution in [3.05, 3.63) is 133 Å². The second-order valence-corrected chi connectivity index (χ2v) is 15.1. The average Bonchev–Trinajstić information content (AvgIpc) is 2.94. The second kappa shape index (κ2) is 11.0. The van der Waals surface area contributed by atoms with Gasteiger partial charge in [0, 0.05) is 32.5 Å². The molecule has 1 aliphatic carbocycles. The molecule has 5 heteroatoms. The minimum atomic E-state index is -3.07. The van der Waals surface area contributed by atoms with Gasteiger partial charge in [0.1, 0.15) is 14.3 Å². The Kier molecular flexibility index (Phi) is 7.96. The summed E-state index contributed by atoms with van der Waals surface area (Å²) in [6.07, 6.45) is 2.42. The quantitative estimate of drug-likeness (QED) is 0.246. The number of rotatable bonds is 6.